The van der Waals surface area contributed by atoms with Crippen molar-refractivity contribution in [1.82, 2.24) is 10.2 Å². The Labute approximate surface area is 98.8 Å². The van der Waals surface area contributed by atoms with Crippen molar-refractivity contribution in [2.75, 3.05) is 26.2 Å². The maximum Gasteiger partial charge on any atom is 0.116 e. The summed E-state index contributed by atoms with van der Waals surface area (Å²) in [4.78, 5) is 2.49. The molecule has 3 atom stereocenters. The van der Waals surface area contributed by atoms with Crippen molar-refractivity contribution in [3.8, 4) is 6.07 Å². The summed E-state index contributed by atoms with van der Waals surface area (Å²) in [5.74, 6) is 1.84. The van der Waals surface area contributed by atoms with Gasteiger partial charge in [0.15, 0.2) is 0 Å². The van der Waals surface area contributed by atoms with Crippen LogP contribution in [0.25, 0.3) is 0 Å². The molecule has 3 unspecified atom stereocenters. The largest absolute Gasteiger partial charge is 0.300 e. The van der Waals surface area contributed by atoms with Gasteiger partial charge in [0.1, 0.15) is 5.54 Å². The first kappa shape index (κ1) is 11.9. The van der Waals surface area contributed by atoms with E-state index >= 15 is 0 Å². The molecule has 0 amide bonds. The van der Waals surface area contributed by atoms with Gasteiger partial charge in [0.2, 0.25) is 0 Å². The van der Waals surface area contributed by atoms with Crippen LogP contribution in [0.4, 0.5) is 0 Å². The molecule has 2 aliphatic rings. The molecule has 0 radical (unpaired) electrons. The van der Waals surface area contributed by atoms with E-state index in [-0.39, 0.29) is 5.54 Å². The fourth-order valence-electron chi connectivity index (χ4n) is 3.43. The first-order valence-corrected chi connectivity index (χ1v) is 6.55. The molecular weight excluding hydrogens is 198 g/mol. The van der Waals surface area contributed by atoms with E-state index in [2.05, 4.69) is 23.2 Å². The number of likely N-dealkylation sites (N-methyl/N-ethyl adjacent to an activating group) is 1. The second kappa shape index (κ2) is 4.73. The summed E-state index contributed by atoms with van der Waals surface area (Å²) in [7, 11) is 0. The van der Waals surface area contributed by atoms with Gasteiger partial charge in [-0.25, -0.2) is 0 Å². The fourth-order valence-corrected chi connectivity index (χ4v) is 3.43. The average molecular weight is 221 g/mol. The van der Waals surface area contributed by atoms with Crippen molar-refractivity contribution in [3.05, 3.63) is 0 Å². The third-order valence-electron chi connectivity index (χ3n) is 4.16. The van der Waals surface area contributed by atoms with E-state index in [0.717, 1.165) is 24.9 Å². The minimum atomic E-state index is -0.368. The Hall–Kier alpha value is -0.590. The number of rotatable bonds is 4. The van der Waals surface area contributed by atoms with E-state index in [1.165, 1.54) is 32.4 Å². The lowest BCUT2D eigenvalue weighted by Crippen LogP contribution is -2.50. The first-order valence-electron chi connectivity index (χ1n) is 6.55. The fraction of sp³-hybridized carbons (Fsp3) is 0.923. The number of nitrogens with zero attached hydrogens (tertiary/aromatic N) is 2. The van der Waals surface area contributed by atoms with Gasteiger partial charge in [-0.3, -0.25) is 10.2 Å². The van der Waals surface area contributed by atoms with Gasteiger partial charge in [-0.05, 0) is 38.1 Å². The zero-order valence-corrected chi connectivity index (χ0v) is 10.5. The SMILES string of the molecule is CCNC(C)(C#N)CN1CC2CCCC2C1. The van der Waals surface area contributed by atoms with Crippen LogP contribution >= 0.6 is 0 Å². The monoisotopic (exact) mass is 221 g/mol. The summed E-state index contributed by atoms with van der Waals surface area (Å²) < 4.78 is 0. The van der Waals surface area contributed by atoms with Crippen LogP contribution in [0.1, 0.15) is 33.1 Å². The minimum Gasteiger partial charge on any atom is -0.300 e. The highest BCUT2D eigenvalue weighted by molar-refractivity contribution is 5.06. The van der Waals surface area contributed by atoms with Crippen LogP contribution in [0, 0.1) is 23.2 Å². The van der Waals surface area contributed by atoms with Gasteiger partial charge in [-0.1, -0.05) is 13.3 Å². The summed E-state index contributed by atoms with van der Waals surface area (Å²) in [6, 6.07) is 2.42. The van der Waals surface area contributed by atoms with Crippen LogP contribution in [0.15, 0.2) is 0 Å². The minimum absolute atomic E-state index is 0.368. The van der Waals surface area contributed by atoms with Crippen molar-refractivity contribution in [3.63, 3.8) is 0 Å². The van der Waals surface area contributed by atoms with Crippen molar-refractivity contribution in [1.29, 1.82) is 5.26 Å². The summed E-state index contributed by atoms with van der Waals surface area (Å²) >= 11 is 0. The Kier molecular flexibility index (Phi) is 3.51. The second-order valence-electron chi connectivity index (χ2n) is 5.62. The van der Waals surface area contributed by atoms with E-state index in [1.54, 1.807) is 0 Å². The Balaban J connectivity index is 1.88. The second-order valence-corrected chi connectivity index (χ2v) is 5.62. The Morgan fingerprint density at radius 2 is 2.00 bits per heavy atom. The third kappa shape index (κ3) is 2.39. The van der Waals surface area contributed by atoms with E-state index in [0.29, 0.717) is 0 Å². The number of nitrogens with one attached hydrogen (secondary N) is 1. The normalized spacial score (nSPS) is 33.3. The molecule has 0 aromatic heterocycles. The highest BCUT2D eigenvalue weighted by atomic mass is 15.2. The lowest BCUT2D eigenvalue weighted by Gasteiger charge is -2.28. The van der Waals surface area contributed by atoms with Crippen molar-refractivity contribution < 1.29 is 0 Å². The molecule has 16 heavy (non-hydrogen) atoms. The molecule has 3 nitrogen and oxygen atoms in total. The molecule has 1 saturated carbocycles. The van der Waals surface area contributed by atoms with Crippen LogP contribution in [-0.2, 0) is 0 Å². The maximum atomic E-state index is 9.24. The Morgan fingerprint density at radius 1 is 1.38 bits per heavy atom. The van der Waals surface area contributed by atoms with Crippen molar-refractivity contribution >= 4 is 0 Å². The number of hydrogen-bond acceptors (Lipinski definition) is 3. The molecule has 0 aromatic carbocycles. The third-order valence-corrected chi connectivity index (χ3v) is 4.16. The molecule has 0 spiro atoms. The molecule has 0 aromatic rings. The highest BCUT2D eigenvalue weighted by Crippen LogP contribution is 2.37. The quantitative estimate of drug-likeness (QED) is 0.784. The van der Waals surface area contributed by atoms with Crippen LogP contribution in [0.3, 0.4) is 0 Å². The molecular formula is C13H23N3. The molecule has 1 aliphatic carbocycles. The lowest BCUT2D eigenvalue weighted by molar-refractivity contribution is 0.247. The number of nitriles is 1. The van der Waals surface area contributed by atoms with Gasteiger partial charge in [0.25, 0.3) is 0 Å². The van der Waals surface area contributed by atoms with E-state index in [1.807, 2.05) is 6.92 Å². The number of likely N-dealkylation sites (tertiary alicyclic amines) is 1. The van der Waals surface area contributed by atoms with Crippen LogP contribution in [-0.4, -0.2) is 36.6 Å². The van der Waals surface area contributed by atoms with Gasteiger partial charge in [0.05, 0.1) is 6.07 Å². The molecule has 2 rings (SSSR count). The number of hydrogen-bond donors (Lipinski definition) is 1. The predicted octanol–water partition coefficient (Wildman–Crippen LogP) is 1.61. The Morgan fingerprint density at radius 3 is 2.50 bits per heavy atom. The van der Waals surface area contributed by atoms with Gasteiger partial charge in [-0.2, -0.15) is 5.26 Å². The van der Waals surface area contributed by atoms with Crippen molar-refractivity contribution in [2.24, 2.45) is 11.8 Å². The summed E-state index contributed by atoms with van der Waals surface area (Å²) in [5, 5.41) is 12.5. The van der Waals surface area contributed by atoms with Crippen LogP contribution in [0.5, 0.6) is 0 Å². The molecule has 0 bridgehead atoms. The van der Waals surface area contributed by atoms with E-state index in [4.69, 9.17) is 0 Å². The molecule has 1 heterocycles. The first-order chi connectivity index (χ1) is 7.67. The average Bonchev–Trinajstić information content (AvgIpc) is 2.78. The smallest absolute Gasteiger partial charge is 0.116 e. The van der Waals surface area contributed by atoms with E-state index < -0.39 is 0 Å². The summed E-state index contributed by atoms with van der Waals surface area (Å²) in [6.07, 6.45) is 4.24. The summed E-state index contributed by atoms with van der Waals surface area (Å²) in [6.45, 7) is 8.26. The van der Waals surface area contributed by atoms with Gasteiger partial charge in [-0.15, -0.1) is 0 Å². The standard InChI is InChI=1S/C13H23N3/c1-3-15-13(2,9-14)10-16-7-11-5-4-6-12(11)8-16/h11-12,15H,3-8,10H2,1-2H3. The Bertz CT molecular complexity index is 271. The zero-order valence-electron chi connectivity index (χ0n) is 10.5. The molecule has 1 saturated heterocycles. The van der Waals surface area contributed by atoms with Gasteiger partial charge >= 0.3 is 0 Å². The topological polar surface area (TPSA) is 39.1 Å². The lowest BCUT2D eigenvalue weighted by atomic mass is 10.0. The molecule has 1 N–H and O–H groups in total. The zero-order chi connectivity index (χ0) is 11.6. The molecule has 90 valence electrons. The van der Waals surface area contributed by atoms with Crippen LogP contribution in [0.2, 0.25) is 0 Å². The molecule has 3 heteroatoms. The van der Waals surface area contributed by atoms with Gasteiger partial charge < -0.3 is 0 Å². The van der Waals surface area contributed by atoms with Crippen LogP contribution < -0.4 is 5.32 Å². The molecule has 2 fully saturated rings. The van der Waals surface area contributed by atoms with Gasteiger partial charge in [0, 0.05) is 19.6 Å². The predicted molar refractivity (Wildman–Crippen MR) is 65.0 cm³/mol. The maximum absolute atomic E-state index is 9.24. The molecule has 1 aliphatic heterocycles. The van der Waals surface area contributed by atoms with Crippen molar-refractivity contribution in [2.45, 2.75) is 38.6 Å². The summed E-state index contributed by atoms with van der Waals surface area (Å²) in [5.41, 5.74) is -0.368. The highest BCUT2D eigenvalue weighted by Gasteiger charge is 2.38. The number of fused-ring (bicyclic) bond motifs is 1. The van der Waals surface area contributed by atoms with E-state index in [9.17, 15) is 5.26 Å².